The van der Waals surface area contributed by atoms with E-state index in [0.29, 0.717) is 38.4 Å². The highest BCUT2D eigenvalue weighted by atomic mass is 16.2. The van der Waals surface area contributed by atoms with Gasteiger partial charge in [-0.1, -0.05) is 26.0 Å². The van der Waals surface area contributed by atoms with Crippen LogP contribution in [0.5, 0.6) is 0 Å². The number of nitrogens with zero attached hydrogens (tertiary/aromatic N) is 2. The van der Waals surface area contributed by atoms with Gasteiger partial charge in [-0.15, -0.1) is 6.58 Å². The molecule has 2 heterocycles. The molecule has 3 rings (SSSR count). The third kappa shape index (κ3) is 3.13. The molecule has 132 valence electrons. The van der Waals surface area contributed by atoms with Crippen molar-refractivity contribution in [3.05, 3.63) is 47.7 Å². The predicted octanol–water partition coefficient (Wildman–Crippen LogP) is 4.06. The Balaban J connectivity index is 2.10. The lowest BCUT2D eigenvalue weighted by atomic mass is 10.0. The predicted molar refractivity (Wildman–Crippen MR) is 101 cm³/mol. The van der Waals surface area contributed by atoms with Crippen LogP contribution in [0.4, 0.5) is 0 Å². The van der Waals surface area contributed by atoms with Crippen LogP contribution < -0.4 is 0 Å². The number of allylic oxidation sites excluding steroid dienone is 1. The van der Waals surface area contributed by atoms with E-state index in [0.717, 1.165) is 22.2 Å². The van der Waals surface area contributed by atoms with Gasteiger partial charge in [-0.25, -0.2) is 0 Å². The maximum Gasteiger partial charge on any atom is 0.270 e. The Morgan fingerprint density at radius 1 is 1.28 bits per heavy atom. The van der Waals surface area contributed by atoms with Crippen LogP contribution in [0.3, 0.4) is 0 Å². The van der Waals surface area contributed by atoms with Crippen molar-refractivity contribution < 1.29 is 9.59 Å². The highest BCUT2D eigenvalue weighted by Crippen LogP contribution is 2.30. The van der Waals surface area contributed by atoms with E-state index in [1.807, 2.05) is 17.9 Å². The summed E-state index contributed by atoms with van der Waals surface area (Å²) >= 11 is 0. The molecule has 0 atom stereocenters. The van der Waals surface area contributed by atoms with Gasteiger partial charge < -0.3 is 9.47 Å². The van der Waals surface area contributed by atoms with Gasteiger partial charge in [0.2, 0.25) is 0 Å². The summed E-state index contributed by atoms with van der Waals surface area (Å²) in [5, 5.41) is 1.13. The second kappa shape index (κ2) is 6.87. The van der Waals surface area contributed by atoms with E-state index in [2.05, 4.69) is 43.2 Å². The highest BCUT2D eigenvalue weighted by molar-refractivity contribution is 6.02. The van der Waals surface area contributed by atoms with Crippen molar-refractivity contribution in [1.29, 1.82) is 0 Å². The molecule has 1 saturated heterocycles. The SMILES string of the molecule is C=CCn1c(C(=O)N2CCC(=O)CC2)c(C)c2cc(C(C)C)ccc21. The number of piperidine rings is 1. The lowest BCUT2D eigenvalue weighted by Crippen LogP contribution is -2.39. The summed E-state index contributed by atoms with van der Waals surface area (Å²) in [5.41, 5.74) is 4.08. The van der Waals surface area contributed by atoms with Crippen LogP contribution in [-0.2, 0) is 11.3 Å². The van der Waals surface area contributed by atoms with E-state index < -0.39 is 0 Å². The zero-order valence-electron chi connectivity index (χ0n) is 15.3. The van der Waals surface area contributed by atoms with E-state index in [1.54, 1.807) is 0 Å². The number of ketones is 1. The standard InChI is InChI=1S/C21H26N2O2/c1-5-10-23-19-7-6-16(14(2)3)13-18(19)15(4)20(23)21(25)22-11-8-17(24)9-12-22/h5-7,13-14H,1,8-12H2,2-4H3. The molecule has 0 aliphatic carbocycles. The Bertz CT molecular complexity index is 835. The number of carbonyl (C=O) groups is 2. The van der Waals surface area contributed by atoms with Crippen LogP contribution in [0.1, 0.15) is 54.2 Å². The molecule has 1 aromatic carbocycles. The Morgan fingerprint density at radius 2 is 1.96 bits per heavy atom. The van der Waals surface area contributed by atoms with Gasteiger partial charge in [0.1, 0.15) is 11.5 Å². The molecule has 1 aromatic heterocycles. The molecule has 0 spiro atoms. The zero-order valence-corrected chi connectivity index (χ0v) is 15.3. The first-order valence-corrected chi connectivity index (χ1v) is 8.98. The van der Waals surface area contributed by atoms with Crippen molar-refractivity contribution in [2.24, 2.45) is 0 Å². The Kier molecular flexibility index (Phi) is 4.80. The molecule has 1 fully saturated rings. The maximum atomic E-state index is 13.2. The minimum atomic E-state index is 0.0224. The first-order valence-electron chi connectivity index (χ1n) is 8.98. The maximum absolute atomic E-state index is 13.2. The average molecular weight is 338 g/mol. The summed E-state index contributed by atoms with van der Waals surface area (Å²) in [4.78, 5) is 26.5. The summed E-state index contributed by atoms with van der Waals surface area (Å²) in [6.07, 6.45) is 2.75. The number of carbonyl (C=O) groups excluding carboxylic acids is 2. The van der Waals surface area contributed by atoms with Gasteiger partial charge >= 0.3 is 0 Å². The molecule has 1 aliphatic heterocycles. The first-order chi connectivity index (χ1) is 11.9. The molecular formula is C21H26N2O2. The second-order valence-corrected chi connectivity index (χ2v) is 7.14. The fourth-order valence-corrected chi connectivity index (χ4v) is 3.60. The number of aromatic nitrogens is 1. The van der Waals surface area contributed by atoms with Crippen LogP contribution in [0, 0.1) is 6.92 Å². The number of aryl methyl sites for hydroxylation is 1. The van der Waals surface area contributed by atoms with Crippen molar-refractivity contribution in [1.82, 2.24) is 9.47 Å². The Labute approximate surface area is 149 Å². The third-order valence-electron chi connectivity index (χ3n) is 5.13. The number of amides is 1. The summed E-state index contributed by atoms with van der Waals surface area (Å²) in [6, 6.07) is 6.45. The molecule has 0 bridgehead atoms. The second-order valence-electron chi connectivity index (χ2n) is 7.14. The van der Waals surface area contributed by atoms with Gasteiger partial charge in [-0.2, -0.15) is 0 Å². The number of hydrogen-bond acceptors (Lipinski definition) is 2. The van der Waals surface area contributed by atoms with E-state index in [4.69, 9.17) is 0 Å². The number of hydrogen-bond donors (Lipinski definition) is 0. The van der Waals surface area contributed by atoms with Crippen molar-refractivity contribution in [3.63, 3.8) is 0 Å². The highest BCUT2D eigenvalue weighted by Gasteiger charge is 2.27. The third-order valence-corrected chi connectivity index (χ3v) is 5.13. The minimum absolute atomic E-state index is 0.0224. The van der Waals surface area contributed by atoms with E-state index in [9.17, 15) is 9.59 Å². The molecule has 0 N–H and O–H groups in total. The van der Waals surface area contributed by atoms with E-state index in [-0.39, 0.29) is 11.7 Å². The zero-order chi connectivity index (χ0) is 18.1. The average Bonchev–Trinajstić information content (AvgIpc) is 2.87. The number of rotatable bonds is 4. The van der Waals surface area contributed by atoms with E-state index in [1.165, 1.54) is 5.56 Å². The molecule has 0 saturated carbocycles. The molecule has 4 heteroatoms. The summed E-state index contributed by atoms with van der Waals surface area (Å²) < 4.78 is 2.06. The Hall–Kier alpha value is -2.36. The molecule has 2 aromatic rings. The van der Waals surface area contributed by atoms with Crippen LogP contribution in [0.15, 0.2) is 30.9 Å². The van der Waals surface area contributed by atoms with Crippen LogP contribution in [0.2, 0.25) is 0 Å². The topological polar surface area (TPSA) is 42.3 Å². The van der Waals surface area contributed by atoms with Crippen LogP contribution in [-0.4, -0.2) is 34.2 Å². The number of likely N-dealkylation sites (tertiary alicyclic amines) is 1. The van der Waals surface area contributed by atoms with Gasteiger partial charge in [0.25, 0.3) is 5.91 Å². The summed E-state index contributed by atoms with van der Waals surface area (Å²) in [7, 11) is 0. The first kappa shape index (κ1) is 17.5. The lowest BCUT2D eigenvalue weighted by Gasteiger charge is -2.26. The number of fused-ring (bicyclic) bond motifs is 1. The molecule has 0 unspecified atom stereocenters. The van der Waals surface area contributed by atoms with Crippen molar-refractivity contribution in [2.75, 3.05) is 13.1 Å². The molecule has 4 nitrogen and oxygen atoms in total. The van der Waals surface area contributed by atoms with Crippen LogP contribution >= 0.6 is 0 Å². The number of benzene rings is 1. The molecule has 0 radical (unpaired) electrons. The Morgan fingerprint density at radius 3 is 2.56 bits per heavy atom. The van der Waals surface area contributed by atoms with Gasteiger partial charge in [0, 0.05) is 43.4 Å². The number of Topliss-reactive ketones (excluding diaryl/α,β-unsaturated/α-hetero) is 1. The monoisotopic (exact) mass is 338 g/mol. The van der Waals surface area contributed by atoms with Gasteiger partial charge in [0.15, 0.2) is 0 Å². The van der Waals surface area contributed by atoms with Gasteiger partial charge in [0.05, 0.1) is 0 Å². The smallest absolute Gasteiger partial charge is 0.270 e. The van der Waals surface area contributed by atoms with Crippen LogP contribution in [0.25, 0.3) is 10.9 Å². The van der Waals surface area contributed by atoms with Crippen molar-refractivity contribution >= 4 is 22.6 Å². The molecular weight excluding hydrogens is 312 g/mol. The van der Waals surface area contributed by atoms with E-state index >= 15 is 0 Å². The summed E-state index contributed by atoms with van der Waals surface area (Å²) in [5.74, 6) is 0.710. The van der Waals surface area contributed by atoms with Gasteiger partial charge in [-0.3, -0.25) is 9.59 Å². The summed E-state index contributed by atoms with van der Waals surface area (Å²) in [6.45, 7) is 11.9. The molecule has 25 heavy (non-hydrogen) atoms. The van der Waals surface area contributed by atoms with Crippen molar-refractivity contribution in [2.45, 2.75) is 46.1 Å². The molecule has 1 amide bonds. The normalized spacial score (nSPS) is 15.2. The fourth-order valence-electron chi connectivity index (χ4n) is 3.60. The molecule has 1 aliphatic rings. The quantitative estimate of drug-likeness (QED) is 0.789. The largest absolute Gasteiger partial charge is 0.336 e. The lowest BCUT2D eigenvalue weighted by molar-refractivity contribution is -0.120. The minimum Gasteiger partial charge on any atom is -0.336 e. The van der Waals surface area contributed by atoms with Gasteiger partial charge in [-0.05, 0) is 36.1 Å². The van der Waals surface area contributed by atoms with Crippen molar-refractivity contribution in [3.8, 4) is 0 Å². The fraction of sp³-hybridized carbons (Fsp3) is 0.429.